The second-order valence-corrected chi connectivity index (χ2v) is 6.82. The molecule has 0 N–H and O–H groups in total. The van der Waals surface area contributed by atoms with Crippen molar-refractivity contribution in [2.75, 3.05) is 4.90 Å². The number of hydrogen-bond donors (Lipinski definition) is 0. The summed E-state index contributed by atoms with van der Waals surface area (Å²) in [4.78, 5) is 23.3. The van der Waals surface area contributed by atoms with Crippen LogP contribution in [-0.4, -0.2) is 27.2 Å². The van der Waals surface area contributed by atoms with Crippen LogP contribution in [0, 0.1) is 0 Å². The second-order valence-electron chi connectivity index (χ2n) is 5.52. The summed E-state index contributed by atoms with van der Waals surface area (Å²) in [5, 5.41) is 0.428. The number of amides is 1. The molecular formula is C17H19N3OS. The van der Waals surface area contributed by atoms with E-state index < -0.39 is 0 Å². The average Bonchev–Trinajstić information content (AvgIpc) is 2.55. The summed E-state index contributed by atoms with van der Waals surface area (Å²) in [6.45, 7) is 4.04. The first-order valence-electron chi connectivity index (χ1n) is 7.51. The Kier molecular flexibility index (Phi) is 4.43. The Labute approximate surface area is 135 Å². The molecule has 0 saturated carbocycles. The van der Waals surface area contributed by atoms with Crippen molar-refractivity contribution in [1.82, 2.24) is 9.97 Å². The summed E-state index contributed by atoms with van der Waals surface area (Å²) in [7, 11) is 0. The van der Waals surface area contributed by atoms with E-state index in [2.05, 4.69) is 23.0 Å². The molecule has 1 aromatic carbocycles. The first-order chi connectivity index (χ1) is 10.7. The van der Waals surface area contributed by atoms with Crippen LogP contribution in [0.2, 0.25) is 0 Å². The number of benzene rings is 1. The predicted molar refractivity (Wildman–Crippen MR) is 89.1 cm³/mol. The molecule has 2 heterocycles. The number of nitrogens with zero attached hydrogens (tertiary/aromatic N) is 3. The Morgan fingerprint density at radius 3 is 2.77 bits per heavy atom. The third-order valence-electron chi connectivity index (χ3n) is 3.93. The Balaban J connectivity index is 1.82. The molecule has 0 fully saturated rings. The minimum atomic E-state index is -0.212. The molecule has 0 unspecified atom stereocenters. The Hall–Kier alpha value is -1.88. The topological polar surface area (TPSA) is 46.1 Å². The summed E-state index contributed by atoms with van der Waals surface area (Å²) in [6, 6.07) is 10.2. The Morgan fingerprint density at radius 1 is 1.27 bits per heavy atom. The number of para-hydroxylation sites is 1. The maximum Gasteiger partial charge on any atom is 0.240 e. The van der Waals surface area contributed by atoms with Gasteiger partial charge in [-0.3, -0.25) is 4.79 Å². The van der Waals surface area contributed by atoms with Crippen LogP contribution in [0.25, 0.3) is 0 Å². The minimum Gasteiger partial charge on any atom is -0.308 e. The number of aromatic nitrogens is 2. The molecule has 1 aliphatic heterocycles. The SMILES string of the molecule is C[C@H](Sc1ncccn1)C(=O)N1c2ccccc2CC[C@H]1C. The van der Waals surface area contributed by atoms with E-state index >= 15 is 0 Å². The van der Waals surface area contributed by atoms with Crippen molar-refractivity contribution in [3.63, 3.8) is 0 Å². The maximum absolute atomic E-state index is 12.9. The van der Waals surface area contributed by atoms with Crippen LogP contribution in [-0.2, 0) is 11.2 Å². The van der Waals surface area contributed by atoms with Gasteiger partial charge >= 0.3 is 0 Å². The lowest BCUT2D eigenvalue weighted by Crippen LogP contribution is -2.45. The molecule has 0 aliphatic carbocycles. The van der Waals surface area contributed by atoms with Gasteiger partial charge in [0.05, 0.1) is 5.25 Å². The molecule has 0 spiro atoms. The van der Waals surface area contributed by atoms with E-state index in [4.69, 9.17) is 0 Å². The van der Waals surface area contributed by atoms with Crippen molar-refractivity contribution < 1.29 is 4.79 Å². The highest BCUT2D eigenvalue weighted by molar-refractivity contribution is 8.00. The molecule has 1 aliphatic rings. The monoisotopic (exact) mass is 313 g/mol. The van der Waals surface area contributed by atoms with Gasteiger partial charge in [0.1, 0.15) is 0 Å². The van der Waals surface area contributed by atoms with Crippen molar-refractivity contribution in [3.8, 4) is 0 Å². The minimum absolute atomic E-state index is 0.122. The molecule has 2 aromatic rings. The summed E-state index contributed by atoms with van der Waals surface area (Å²) < 4.78 is 0. The predicted octanol–water partition coefficient (Wildman–Crippen LogP) is 3.33. The molecule has 2 atom stereocenters. The Bertz CT molecular complexity index is 662. The number of aryl methyl sites for hydroxylation is 1. The van der Waals surface area contributed by atoms with Crippen molar-refractivity contribution in [2.24, 2.45) is 0 Å². The van der Waals surface area contributed by atoms with Crippen molar-refractivity contribution >= 4 is 23.4 Å². The van der Waals surface area contributed by atoms with Gasteiger partial charge in [0.2, 0.25) is 5.91 Å². The fourth-order valence-electron chi connectivity index (χ4n) is 2.77. The average molecular weight is 313 g/mol. The van der Waals surface area contributed by atoms with Gasteiger partial charge < -0.3 is 4.90 Å². The second kappa shape index (κ2) is 6.48. The molecule has 114 valence electrons. The van der Waals surface area contributed by atoms with Gasteiger partial charge in [0, 0.05) is 24.1 Å². The number of hydrogen-bond acceptors (Lipinski definition) is 4. The molecule has 1 aromatic heterocycles. The van der Waals surface area contributed by atoms with Gasteiger partial charge in [-0.1, -0.05) is 30.0 Å². The van der Waals surface area contributed by atoms with Gasteiger partial charge in [-0.25, -0.2) is 9.97 Å². The third-order valence-corrected chi connectivity index (χ3v) is 4.91. The summed E-state index contributed by atoms with van der Waals surface area (Å²) >= 11 is 1.41. The standard InChI is InChI=1S/C17H19N3OS/c1-12-8-9-14-6-3-4-7-15(14)20(12)16(21)13(2)22-17-18-10-5-11-19-17/h3-7,10-13H,8-9H2,1-2H3/t12-,13+/m1/s1. The van der Waals surface area contributed by atoms with Gasteiger partial charge in [0.25, 0.3) is 0 Å². The van der Waals surface area contributed by atoms with Gasteiger partial charge in [0.15, 0.2) is 5.16 Å². The van der Waals surface area contributed by atoms with E-state index in [1.54, 1.807) is 18.5 Å². The number of thioether (sulfide) groups is 1. The van der Waals surface area contributed by atoms with Gasteiger partial charge in [-0.2, -0.15) is 0 Å². The van der Waals surface area contributed by atoms with E-state index in [9.17, 15) is 4.79 Å². The molecule has 4 nitrogen and oxygen atoms in total. The van der Waals surface area contributed by atoms with Crippen molar-refractivity contribution in [3.05, 3.63) is 48.3 Å². The zero-order chi connectivity index (χ0) is 15.5. The van der Waals surface area contributed by atoms with Crippen LogP contribution in [0.15, 0.2) is 47.9 Å². The molecule has 5 heteroatoms. The number of rotatable bonds is 3. The van der Waals surface area contributed by atoms with E-state index in [1.807, 2.05) is 30.0 Å². The lowest BCUT2D eigenvalue weighted by atomic mass is 9.96. The smallest absolute Gasteiger partial charge is 0.240 e. The fraction of sp³-hybridized carbons (Fsp3) is 0.353. The van der Waals surface area contributed by atoms with Crippen LogP contribution >= 0.6 is 11.8 Å². The first kappa shape index (κ1) is 15.0. The quantitative estimate of drug-likeness (QED) is 0.644. The zero-order valence-corrected chi connectivity index (χ0v) is 13.6. The Morgan fingerprint density at radius 2 is 2.00 bits per heavy atom. The fourth-order valence-corrected chi connectivity index (χ4v) is 3.55. The highest BCUT2D eigenvalue weighted by Gasteiger charge is 2.31. The first-order valence-corrected chi connectivity index (χ1v) is 8.39. The molecule has 0 radical (unpaired) electrons. The third kappa shape index (κ3) is 2.99. The van der Waals surface area contributed by atoms with Crippen LogP contribution in [0.4, 0.5) is 5.69 Å². The van der Waals surface area contributed by atoms with Crippen LogP contribution in [0.1, 0.15) is 25.8 Å². The normalized spacial score (nSPS) is 18.6. The molecule has 3 rings (SSSR count). The van der Waals surface area contributed by atoms with Crippen LogP contribution < -0.4 is 4.90 Å². The number of fused-ring (bicyclic) bond motifs is 1. The highest BCUT2D eigenvalue weighted by atomic mass is 32.2. The van der Waals surface area contributed by atoms with Crippen molar-refractivity contribution in [1.29, 1.82) is 0 Å². The summed E-state index contributed by atoms with van der Waals surface area (Å²) in [5.74, 6) is 0.122. The van der Waals surface area contributed by atoms with Gasteiger partial charge in [-0.15, -0.1) is 0 Å². The zero-order valence-electron chi connectivity index (χ0n) is 12.8. The molecule has 1 amide bonds. The molecule has 0 bridgehead atoms. The van der Waals surface area contributed by atoms with Gasteiger partial charge in [-0.05, 0) is 44.4 Å². The number of carbonyl (C=O) groups is 1. The van der Waals surface area contributed by atoms with E-state index in [1.165, 1.54) is 17.3 Å². The molecular weight excluding hydrogens is 294 g/mol. The lowest BCUT2D eigenvalue weighted by Gasteiger charge is -2.36. The maximum atomic E-state index is 12.9. The molecule has 22 heavy (non-hydrogen) atoms. The molecule has 0 saturated heterocycles. The largest absolute Gasteiger partial charge is 0.308 e. The van der Waals surface area contributed by atoms with Crippen LogP contribution in [0.3, 0.4) is 0 Å². The number of carbonyl (C=O) groups excluding carboxylic acids is 1. The number of anilines is 1. The van der Waals surface area contributed by atoms with E-state index in [-0.39, 0.29) is 17.2 Å². The van der Waals surface area contributed by atoms with Crippen molar-refractivity contribution in [2.45, 2.75) is 43.1 Å². The summed E-state index contributed by atoms with van der Waals surface area (Å²) in [6.07, 6.45) is 5.43. The highest BCUT2D eigenvalue weighted by Crippen LogP contribution is 2.33. The van der Waals surface area contributed by atoms with E-state index in [0.717, 1.165) is 18.5 Å². The lowest BCUT2D eigenvalue weighted by molar-refractivity contribution is -0.118. The van der Waals surface area contributed by atoms with Crippen LogP contribution in [0.5, 0.6) is 0 Å². The summed E-state index contributed by atoms with van der Waals surface area (Å²) in [5.41, 5.74) is 2.30. The van der Waals surface area contributed by atoms with E-state index in [0.29, 0.717) is 5.16 Å².